The molecule has 30 heavy (non-hydrogen) atoms. The van der Waals surface area contributed by atoms with Crippen molar-refractivity contribution in [2.75, 3.05) is 0 Å². The van der Waals surface area contributed by atoms with Gasteiger partial charge in [-0.05, 0) is 41.0 Å². The van der Waals surface area contributed by atoms with E-state index >= 15 is 0 Å². The van der Waals surface area contributed by atoms with Gasteiger partial charge in [0.1, 0.15) is 11.6 Å². The number of nitrogens with zero attached hydrogens (tertiary/aromatic N) is 2. The van der Waals surface area contributed by atoms with Crippen molar-refractivity contribution >= 4 is 0 Å². The Labute approximate surface area is 171 Å². The van der Waals surface area contributed by atoms with Crippen LogP contribution in [0.1, 0.15) is 17.0 Å². The van der Waals surface area contributed by atoms with Crippen molar-refractivity contribution in [2.24, 2.45) is 0 Å². The Morgan fingerprint density at radius 1 is 0.900 bits per heavy atom. The Bertz CT molecular complexity index is 1240. The lowest BCUT2D eigenvalue weighted by Crippen LogP contribution is -2.27. The van der Waals surface area contributed by atoms with Crippen molar-refractivity contribution < 1.29 is 13.9 Å². The molecule has 0 aliphatic rings. The molecule has 0 amide bonds. The molecule has 0 aliphatic heterocycles. The van der Waals surface area contributed by atoms with E-state index in [2.05, 4.69) is 4.98 Å². The maximum atomic E-state index is 13.8. The van der Waals surface area contributed by atoms with Crippen molar-refractivity contribution in [3.63, 3.8) is 0 Å². The minimum atomic E-state index is -0.808. The van der Waals surface area contributed by atoms with Gasteiger partial charge >= 0.3 is 0 Å². The van der Waals surface area contributed by atoms with Gasteiger partial charge in [-0.2, -0.15) is 0 Å². The van der Waals surface area contributed by atoms with Crippen LogP contribution >= 0.6 is 0 Å². The lowest BCUT2D eigenvalue weighted by molar-refractivity contribution is 0.432. The van der Waals surface area contributed by atoms with Gasteiger partial charge in [0.05, 0.1) is 12.1 Å². The van der Waals surface area contributed by atoms with E-state index in [4.69, 9.17) is 0 Å². The minimum Gasteiger partial charge on any atom is -0.505 e. The van der Waals surface area contributed by atoms with Gasteiger partial charge in [-0.25, -0.2) is 13.8 Å². The zero-order valence-corrected chi connectivity index (χ0v) is 15.9. The molecule has 1 N–H and O–H groups in total. The van der Waals surface area contributed by atoms with E-state index in [1.54, 1.807) is 16.7 Å². The van der Waals surface area contributed by atoms with Gasteiger partial charge in [-0.1, -0.05) is 48.5 Å². The average molecular weight is 404 g/mol. The molecule has 0 radical (unpaired) electrons. The summed E-state index contributed by atoms with van der Waals surface area (Å²) in [5.74, 6) is -1.11. The largest absolute Gasteiger partial charge is 0.505 e. The summed E-state index contributed by atoms with van der Waals surface area (Å²) < 4.78 is 28.6. The molecule has 0 saturated heterocycles. The molecule has 0 unspecified atom stereocenters. The first-order chi connectivity index (χ1) is 14.5. The van der Waals surface area contributed by atoms with Gasteiger partial charge in [0.15, 0.2) is 11.6 Å². The van der Waals surface area contributed by atoms with Gasteiger partial charge in [0.2, 0.25) is 0 Å². The maximum Gasteiger partial charge on any atom is 0.261 e. The molecule has 4 aromatic rings. The first-order valence-electron chi connectivity index (χ1n) is 9.37. The van der Waals surface area contributed by atoms with Crippen molar-refractivity contribution in [3.05, 3.63) is 118 Å². The number of aromatic hydroxyl groups is 1. The number of hydrogen-bond acceptors (Lipinski definition) is 3. The van der Waals surface area contributed by atoms with Gasteiger partial charge in [-0.15, -0.1) is 0 Å². The lowest BCUT2D eigenvalue weighted by Gasteiger charge is -2.14. The first kappa shape index (κ1) is 19.5. The Morgan fingerprint density at radius 3 is 2.33 bits per heavy atom. The van der Waals surface area contributed by atoms with E-state index in [0.717, 1.165) is 17.2 Å². The smallest absolute Gasteiger partial charge is 0.261 e. The summed E-state index contributed by atoms with van der Waals surface area (Å²) in [6, 6.07) is 19.3. The Balaban J connectivity index is 1.81. The second kappa shape index (κ2) is 8.29. The highest BCUT2D eigenvalue weighted by atomic mass is 19.1. The quantitative estimate of drug-likeness (QED) is 0.532. The van der Waals surface area contributed by atoms with Crippen molar-refractivity contribution in [3.8, 4) is 16.9 Å². The molecule has 0 spiro atoms. The summed E-state index contributed by atoms with van der Waals surface area (Å²) in [7, 11) is 0. The zero-order chi connectivity index (χ0) is 21.1. The molecule has 0 aliphatic carbocycles. The van der Waals surface area contributed by atoms with E-state index in [9.17, 15) is 18.7 Å². The summed E-state index contributed by atoms with van der Waals surface area (Å²) in [6.45, 7) is 0.289. The summed E-state index contributed by atoms with van der Waals surface area (Å²) in [5.41, 5.74) is 1.96. The van der Waals surface area contributed by atoms with E-state index in [-0.39, 0.29) is 23.5 Å². The predicted octanol–water partition coefficient (Wildman–Crippen LogP) is 4.53. The standard InChI is InChI=1S/C24H18F2N2O2/c25-19-9-6-16(7-10-19)12-23-27-14-20(18-8-11-22(29)21(26)13-18)24(30)28(23)15-17-4-2-1-3-5-17/h1-11,13-14,29H,12,15H2. The van der Waals surface area contributed by atoms with Crippen LogP contribution < -0.4 is 5.56 Å². The third-order valence-corrected chi connectivity index (χ3v) is 4.85. The number of phenols is 1. The van der Waals surface area contributed by atoms with Crippen LogP contribution in [0.25, 0.3) is 11.1 Å². The van der Waals surface area contributed by atoms with E-state index < -0.39 is 11.6 Å². The van der Waals surface area contributed by atoms with Gasteiger partial charge < -0.3 is 5.11 Å². The first-order valence-corrected chi connectivity index (χ1v) is 9.37. The number of rotatable bonds is 5. The molecule has 150 valence electrons. The Kier molecular flexibility index (Phi) is 5.39. The second-order valence-corrected chi connectivity index (χ2v) is 6.93. The normalized spacial score (nSPS) is 10.9. The van der Waals surface area contributed by atoms with Crippen LogP contribution in [0.5, 0.6) is 5.75 Å². The van der Waals surface area contributed by atoms with Crippen LogP contribution in [0.4, 0.5) is 8.78 Å². The number of hydrogen-bond donors (Lipinski definition) is 1. The third kappa shape index (κ3) is 4.12. The van der Waals surface area contributed by atoms with Gasteiger partial charge in [-0.3, -0.25) is 9.36 Å². The van der Waals surface area contributed by atoms with Gasteiger partial charge in [0, 0.05) is 12.6 Å². The Hall–Kier alpha value is -3.80. The number of phenolic OH excluding ortho intramolecular Hbond substituents is 1. The third-order valence-electron chi connectivity index (χ3n) is 4.85. The van der Waals surface area contributed by atoms with E-state index in [1.807, 2.05) is 30.3 Å². The Morgan fingerprint density at radius 2 is 1.63 bits per heavy atom. The number of aromatic nitrogens is 2. The van der Waals surface area contributed by atoms with Crippen molar-refractivity contribution in [1.82, 2.24) is 9.55 Å². The molecule has 1 aromatic heterocycles. The van der Waals surface area contributed by atoms with Crippen LogP contribution in [-0.2, 0) is 13.0 Å². The highest BCUT2D eigenvalue weighted by molar-refractivity contribution is 5.62. The predicted molar refractivity (Wildman–Crippen MR) is 110 cm³/mol. The number of benzene rings is 3. The highest BCUT2D eigenvalue weighted by Gasteiger charge is 2.14. The molecule has 0 bridgehead atoms. The molecular formula is C24H18F2N2O2. The molecule has 6 heteroatoms. The fourth-order valence-electron chi connectivity index (χ4n) is 3.25. The van der Waals surface area contributed by atoms with E-state index in [1.165, 1.54) is 30.5 Å². The molecule has 4 rings (SSSR count). The monoisotopic (exact) mass is 404 g/mol. The maximum absolute atomic E-state index is 13.8. The molecule has 4 nitrogen and oxygen atoms in total. The summed E-state index contributed by atoms with van der Waals surface area (Å²) in [4.78, 5) is 17.8. The van der Waals surface area contributed by atoms with Crippen LogP contribution in [-0.4, -0.2) is 14.7 Å². The van der Waals surface area contributed by atoms with Gasteiger partial charge in [0.25, 0.3) is 5.56 Å². The minimum absolute atomic E-state index is 0.229. The lowest BCUT2D eigenvalue weighted by atomic mass is 10.1. The van der Waals surface area contributed by atoms with Crippen LogP contribution in [0.2, 0.25) is 0 Å². The average Bonchev–Trinajstić information content (AvgIpc) is 2.75. The molecular weight excluding hydrogens is 386 g/mol. The summed E-state index contributed by atoms with van der Waals surface area (Å²) in [6.07, 6.45) is 1.75. The van der Waals surface area contributed by atoms with Crippen LogP contribution in [0.15, 0.2) is 83.8 Å². The molecule has 3 aromatic carbocycles. The fraction of sp³-hybridized carbons (Fsp3) is 0.0833. The van der Waals surface area contributed by atoms with Crippen LogP contribution in [0, 0.1) is 11.6 Å². The summed E-state index contributed by atoms with van der Waals surface area (Å²) >= 11 is 0. The number of halogens is 2. The zero-order valence-electron chi connectivity index (χ0n) is 15.9. The molecule has 1 heterocycles. The summed E-state index contributed by atoms with van der Waals surface area (Å²) in [5, 5.41) is 9.44. The highest BCUT2D eigenvalue weighted by Crippen LogP contribution is 2.23. The topological polar surface area (TPSA) is 55.1 Å². The SMILES string of the molecule is O=c1c(-c2ccc(O)c(F)c2)cnc(Cc2ccc(F)cc2)n1Cc1ccccc1. The molecule has 0 fully saturated rings. The van der Waals surface area contributed by atoms with Crippen LogP contribution in [0.3, 0.4) is 0 Å². The fourth-order valence-corrected chi connectivity index (χ4v) is 3.25. The van der Waals surface area contributed by atoms with Crippen molar-refractivity contribution in [1.29, 1.82) is 0 Å². The van der Waals surface area contributed by atoms with Crippen molar-refractivity contribution in [2.45, 2.75) is 13.0 Å². The molecule has 0 atom stereocenters. The second-order valence-electron chi connectivity index (χ2n) is 6.93. The van der Waals surface area contributed by atoms with E-state index in [0.29, 0.717) is 17.8 Å². The molecule has 0 saturated carbocycles.